The average molecular weight is 533 g/mol. The molecule has 6 unspecified atom stereocenters. The van der Waals surface area contributed by atoms with Gasteiger partial charge in [-0.1, -0.05) is 13.8 Å². The van der Waals surface area contributed by atoms with Gasteiger partial charge < -0.3 is 35.2 Å². The highest BCUT2D eigenvalue weighted by Gasteiger charge is 2.54. The van der Waals surface area contributed by atoms with Crippen LogP contribution in [0.4, 0.5) is 5.82 Å². The van der Waals surface area contributed by atoms with E-state index in [1.54, 1.807) is 13.8 Å². The van der Waals surface area contributed by atoms with E-state index in [0.717, 1.165) is 0 Å². The van der Waals surface area contributed by atoms with Gasteiger partial charge in [-0.3, -0.25) is 9.09 Å². The highest BCUT2D eigenvalue weighted by atomic mass is 31.3. The minimum atomic E-state index is -5.68. The lowest BCUT2D eigenvalue weighted by Gasteiger charge is -2.31. The van der Waals surface area contributed by atoms with Crippen molar-refractivity contribution in [2.75, 3.05) is 12.3 Å². The van der Waals surface area contributed by atoms with Crippen LogP contribution in [-0.2, 0) is 31.6 Å². The van der Waals surface area contributed by atoms with E-state index < -0.39 is 53.9 Å². The highest BCUT2D eigenvalue weighted by molar-refractivity contribution is 7.66. The molecule has 1 aliphatic rings. The number of nitrogens with two attached hydrogens (primary N) is 1. The molecule has 3 heterocycles. The topological polar surface area (TPSA) is 259 Å². The number of phosphoric acid groups is 3. The van der Waals surface area contributed by atoms with Crippen molar-refractivity contribution in [2.24, 2.45) is 5.92 Å². The third-order valence-electron chi connectivity index (χ3n) is 4.99. The Bertz CT molecular complexity index is 1170. The summed E-state index contributed by atoms with van der Waals surface area (Å²) in [7, 11) is -16.6. The van der Waals surface area contributed by atoms with Gasteiger partial charge in [-0.2, -0.15) is 8.62 Å². The van der Waals surface area contributed by atoms with E-state index in [-0.39, 0.29) is 12.2 Å². The van der Waals surface area contributed by atoms with E-state index in [0.29, 0.717) is 11.2 Å². The predicted molar refractivity (Wildman–Crippen MR) is 108 cm³/mol. The van der Waals surface area contributed by atoms with Crippen molar-refractivity contribution in [3.8, 4) is 0 Å². The number of aliphatic hydroxyl groups is 1. The van der Waals surface area contributed by atoms with Gasteiger partial charge in [0.15, 0.2) is 11.5 Å². The minimum Gasteiger partial charge on any atom is -0.390 e. The lowest BCUT2D eigenvalue weighted by molar-refractivity contribution is -0.126. The number of imidazole rings is 1. The number of hydrogen-bond acceptors (Lipinski definition) is 12. The van der Waals surface area contributed by atoms with Gasteiger partial charge in [0.1, 0.15) is 23.7 Å². The maximum Gasteiger partial charge on any atom is 0.490 e. The first-order valence-corrected chi connectivity index (χ1v) is 13.7. The summed E-state index contributed by atoms with van der Waals surface area (Å²) in [5.41, 5.74) is 4.80. The fourth-order valence-electron chi connectivity index (χ4n) is 3.43. The predicted octanol–water partition coefficient (Wildman–Crippen LogP) is 0.426. The number of anilines is 1. The van der Waals surface area contributed by atoms with Gasteiger partial charge in [0.25, 0.3) is 0 Å². The molecule has 6 atom stereocenters. The Balaban J connectivity index is 1.80. The van der Waals surface area contributed by atoms with Crippen molar-refractivity contribution in [2.45, 2.75) is 38.2 Å². The Morgan fingerprint density at radius 2 is 1.82 bits per heavy atom. The van der Waals surface area contributed by atoms with Crippen molar-refractivity contribution in [3.05, 3.63) is 12.7 Å². The first-order valence-electron chi connectivity index (χ1n) is 9.17. The van der Waals surface area contributed by atoms with Crippen molar-refractivity contribution >= 4 is 40.4 Å². The Hall–Kier alpha value is -1.32. The maximum absolute atomic E-state index is 12.1. The lowest BCUT2D eigenvalue weighted by atomic mass is 9.89. The van der Waals surface area contributed by atoms with Crippen LogP contribution in [0.3, 0.4) is 0 Å². The van der Waals surface area contributed by atoms with Crippen LogP contribution in [0.25, 0.3) is 11.2 Å². The van der Waals surface area contributed by atoms with Gasteiger partial charge in [0.2, 0.25) is 0 Å². The average Bonchev–Trinajstić information content (AvgIpc) is 3.19. The number of nitrogens with zero attached hydrogens (tertiary/aromatic N) is 4. The van der Waals surface area contributed by atoms with Crippen LogP contribution in [0.2, 0.25) is 0 Å². The van der Waals surface area contributed by atoms with E-state index in [1.807, 2.05) is 0 Å². The summed E-state index contributed by atoms with van der Waals surface area (Å²) in [5.74, 6) is -0.498. The van der Waals surface area contributed by atoms with Crippen molar-refractivity contribution in [1.29, 1.82) is 0 Å². The van der Waals surface area contributed by atoms with Crippen molar-refractivity contribution in [1.82, 2.24) is 19.5 Å². The smallest absolute Gasteiger partial charge is 0.390 e. The van der Waals surface area contributed by atoms with Gasteiger partial charge in [-0.05, 0) is 6.42 Å². The number of nitrogen functional groups attached to an aromatic ring is 1. The first kappa shape index (κ1) is 26.3. The molecule has 33 heavy (non-hydrogen) atoms. The summed E-state index contributed by atoms with van der Waals surface area (Å²) in [5, 5.41) is 10.8. The lowest BCUT2D eigenvalue weighted by Crippen LogP contribution is -2.44. The third kappa shape index (κ3) is 5.68. The quantitative estimate of drug-likeness (QED) is 0.239. The monoisotopic (exact) mass is 533 g/mol. The maximum atomic E-state index is 12.1. The molecule has 7 N–H and O–H groups in total. The normalized spacial score (nSPS) is 29.7. The fraction of sp³-hybridized carbons (Fsp3) is 0.615. The molecule has 0 amide bonds. The van der Waals surface area contributed by atoms with Crippen LogP contribution >= 0.6 is 23.5 Å². The molecule has 1 aliphatic heterocycles. The molecule has 0 bridgehead atoms. The van der Waals surface area contributed by atoms with E-state index in [1.165, 1.54) is 17.2 Å². The number of ether oxygens (including phenoxy) is 1. The summed E-state index contributed by atoms with van der Waals surface area (Å²) >= 11 is 0. The molecule has 2 aromatic rings. The minimum absolute atomic E-state index is 0.0501. The number of aliphatic hydroxyl groups excluding tert-OH is 1. The molecule has 1 fully saturated rings. The summed E-state index contributed by atoms with van der Waals surface area (Å²) in [6, 6.07) is 0. The first-order chi connectivity index (χ1) is 15.1. The number of aromatic nitrogens is 4. The third-order valence-corrected chi connectivity index (χ3v) is 8.77. The zero-order valence-corrected chi connectivity index (χ0v) is 19.8. The molecule has 0 saturated carbocycles. The molecule has 17 nitrogen and oxygen atoms in total. The molecular formula is C13H22N5O12P3. The summed E-state index contributed by atoms with van der Waals surface area (Å²) < 4.78 is 53.9. The van der Waals surface area contributed by atoms with E-state index in [4.69, 9.17) is 24.8 Å². The molecule has 0 radical (unpaired) electrons. The second-order valence-corrected chi connectivity index (χ2v) is 11.6. The van der Waals surface area contributed by atoms with Gasteiger partial charge in [0.05, 0.1) is 19.0 Å². The zero-order chi connectivity index (χ0) is 24.8. The second-order valence-electron chi connectivity index (χ2n) is 7.18. The largest absolute Gasteiger partial charge is 0.490 e. The molecule has 3 rings (SSSR count). The Labute approximate surface area is 186 Å². The second kappa shape index (κ2) is 9.04. The molecule has 186 valence electrons. The van der Waals surface area contributed by atoms with Crippen molar-refractivity contribution < 1.29 is 56.3 Å². The number of fused-ring (bicyclic) bond motifs is 1. The Morgan fingerprint density at radius 3 is 2.42 bits per heavy atom. The van der Waals surface area contributed by atoms with Crippen LogP contribution in [0, 0.1) is 5.92 Å². The number of phosphoric ester groups is 1. The summed E-state index contributed by atoms with van der Waals surface area (Å²) in [6.07, 6.45) is 0.501. The van der Waals surface area contributed by atoms with E-state index in [2.05, 4.69) is 23.6 Å². The standard InChI is InChI=1S/C13H22N5O12P3/c1-3-13(4-27-32(23,24)30-33(25,26)29-31(20,21)22)9(19)7(2)12(28-13)18-6-17-8-10(14)15-5-16-11(8)18/h5-7,9,12,19H,3-4H2,1-2H3,(H,23,24)(H,25,26)(H2,14,15,16)(H2,20,21,22). The molecular weight excluding hydrogens is 511 g/mol. The SMILES string of the molecule is CCC1(COP(=O)(O)OP(=O)(O)OP(=O)(O)O)OC(n2cnc3c(N)ncnc32)C(C)C1O. The molecule has 0 spiro atoms. The Kier molecular flexibility index (Phi) is 7.20. The van der Waals surface area contributed by atoms with Crippen LogP contribution in [0.5, 0.6) is 0 Å². The summed E-state index contributed by atoms with van der Waals surface area (Å²) in [4.78, 5) is 48.3. The number of hydrogen-bond donors (Lipinski definition) is 6. The molecule has 0 aliphatic carbocycles. The van der Waals surface area contributed by atoms with E-state index in [9.17, 15) is 28.6 Å². The molecule has 1 saturated heterocycles. The van der Waals surface area contributed by atoms with Gasteiger partial charge in [-0.25, -0.2) is 28.6 Å². The molecule has 2 aromatic heterocycles. The van der Waals surface area contributed by atoms with Crippen LogP contribution in [0.1, 0.15) is 26.5 Å². The molecule has 0 aromatic carbocycles. The van der Waals surface area contributed by atoms with Gasteiger partial charge in [0, 0.05) is 5.92 Å². The van der Waals surface area contributed by atoms with Gasteiger partial charge in [-0.15, -0.1) is 0 Å². The number of rotatable bonds is 9. The zero-order valence-electron chi connectivity index (χ0n) is 17.1. The van der Waals surface area contributed by atoms with Crippen LogP contribution < -0.4 is 5.73 Å². The highest BCUT2D eigenvalue weighted by Crippen LogP contribution is 2.66. The van der Waals surface area contributed by atoms with Crippen LogP contribution in [-0.4, -0.2) is 62.5 Å². The van der Waals surface area contributed by atoms with Crippen LogP contribution in [0.15, 0.2) is 12.7 Å². The summed E-state index contributed by atoms with van der Waals surface area (Å²) in [6.45, 7) is 2.41. The Morgan fingerprint density at radius 1 is 1.15 bits per heavy atom. The molecule has 20 heteroatoms. The van der Waals surface area contributed by atoms with Crippen molar-refractivity contribution in [3.63, 3.8) is 0 Å². The fourth-order valence-corrected chi connectivity index (χ4v) is 6.50. The van der Waals surface area contributed by atoms with Gasteiger partial charge >= 0.3 is 23.5 Å². The van der Waals surface area contributed by atoms with E-state index >= 15 is 0 Å².